The second-order valence-electron chi connectivity index (χ2n) is 4.21. The van der Waals surface area contributed by atoms with Gasteiger partial charge in [-0.05, 0) is 19.1 Å². The number of carboxylic acid groups (broad SMARTS) is 1. The maximum Gasteiger partial charge on any atom is 0.321 e. The predicted octanol–water partition coefficient (Wildman–Crippen LogP) is -0.643. The first-order valence-electron chi connectivity index (χ1n) is 5.91. The summed E-state index contributed by atoms with van der Waals surface area (Å²) in [7, 11) is -7.67. The summed E-state index contributed by atoms with van der Waals surface area (Å²) in [6, 6.07) is 6.22. The van der Waals surface area contributed by atoms with Gasteiger partial charge in [0.15, 0.2) is 0 Å². The third-order valence-electron chi connectivity index (χ3n) is 2.44. The number of carbonyl (C=O) groups is 1. The van der Waals surface area contributed by atoms with E-state index >= 15 is 0 Å². The van der Waals surface area contributed by atoms with Gasteiger partial charge in [0.2, 0.25) is 20.0 Å². The summed E-state index contributed by atoms with van der Waals surface area (Å²) >= 11 is 0. The Kier molecular flexibility index (Phi) is 5.84. The predicted molar refractivity (Wildman–Crippen MR) is 75.7 cm³/mol. The quantitative estimate of drug-likeness (QED) is 0.579. The zero-order chi connectivity index (χ0) is 16.1. The van der Waals surface area contributed by atoms with E-state index in [0.29, 0.717) is 0 Å². The summed E-state index contributed by atoms with van der Waals surface area (Å²) in [6.07, 6.45) is 0. The molecule has 10 heteroatoms. The molecule has 0 aliphatic rings. The number of benzene rings is 1. The van der Waals surface area contributed by atoms with E-state index in [0.717, 1.165) is 0 Å². The van der Waals surface area contributed by atoms with Crippen LogP contribution in [-0.2, 0) is 24.8 Å². The summed E-state index contributed by atoms with van der Waals surface area (Å²) in [5.41, 5.74) is 0. The minimum atomic E-state index is -3.89. The molecule has 0 aromatic heterocycles. The van der Waals surface area contributed by atoms with Crippen molar-refractivity contribution < 1.29 is 26.7 Å². The van der Waals surface area contributed by atoms with E-state index in [1.807, 2.05) is 4.72 Å². The zero-order valence-corrected chi connectivity index (χ0v) is 12.8. The molecule has 0 bridgehead atoms. The Balaban J connectivity index is 2.59. The molecule has 1 aromatic carbocycles. The summed E-state index contributed by atoms with van der Waals surface area (Å²) in [4.78, 5) is 10.6. The van der Waals surface area contributed by atoms with Gasteiger partial charge in [-0.1, -0.05) is 18.2 Å². The second-order valence-corrected chi connectivity index (χ2v) is 7.85. The molecule has 0 aliphatic carbocycles. The van der Waals surface area contributed by atoms with Crippen LogP contribution in [0.25, 0.3) is 0 Å². The van der Waals surface area contributed by atoms with Gasteiger partial charge in [0.05, 0.1) is 10.6 Å². The van der Waals surface area contributed by atoms with Crippen LogP contribution < -0.4 is 9.44 Å². The average molecular weight is 336 g/mol. The van der Waals surface area contributed by atoms with Crippen molar-refractivity contribution in [2.75, 3.05) is 12.3 Å². The van der Waals surface area contributed by atoms with Gasteiger partial charge in [-0.3, -0.25) is 4.79 Å². The van der Waals surface area contributed by atoms with E-state index in [2.05, 4.69) is 4.72 Å². The lowest BCUT2D eigenvalue weighted by Crippen LogP contribution is -2.41. The molecule has 0 saturated heterocycles. The zero-order valence-electron chi connectivity index (χ0n) is 11.2. The molecule has 1 aromatic rings. The SMILES string of the molecule is C[C@H](NS(=O)(=O)CCNS(=O)(=O)c1ccccc1)C(=O)O. The lowest BCUT2D eigenvalue weighted by Gasteiger charge is -2.11. The van der Waals surface area contributed by atoms with Crippen LogP contribution in [0.1, 0.15) is 6.92 Å². The summed E-state index contributed by atoms with van der Waals surface area (Å²) in [5.74, 6) is -1.88. The summed E-state index contributed by atoms with van der Waals surface area (Å²) in [6.45, 7) is 0.812. The lowest BCUT2D eigenvalue weighted by molar-refractivity contribution is -0.138. The Labute approximate surface area is 123 Å². The molecule has 0 aliphatic heterocycles. The van der Waals surface area contributed by atoms with Crippen molar-refractivity contribution >= 4 is 26.0 Å². The van der Waals surface area contributed by atoms with Gasteiger partial charge in [0, 0.05) is 6.54 Å². The number of hydrogen-bond acceptors (Lipinski definition) is 5. The number of rotatable bonds is 8. The van der Waals surface area contributed by atoms with Crippen LogP contribution in [0.4, 0.5) is 0 Å². The number of aliphatic carboxylic acids is 1. The molecular formula is C11H16N2O6S2. The normalized spacial score (nSPS) is 13.8. The first-order valence-corrected chi connectivity index (χ1v) is 9.05. The fourth-order valence-corrected chi connectivity index (χ4v) is 3.68. The first kappa shape index (κ1) is 17.6. The van der Waals surface area contributed by atoms with Crippen LogP contribution in [0.2, 0.25) is 0 Å². The summed E-state index contributed by atoms with van der Waals surface area (Å²) < 4.78 is 50.8. The average Bonchev–Trinajstić information content (AvgIpc) is 2.38. The van der Waals surface area contributed by atoms with Crippen molar-refractivity contribution in [3.05, 3.63) is 30.3 Å². The Morgan fingerprint density at radius 1 is 1.19 bits per heavy atom. The molecule has 0 saturated carbocycles. The van der Waals surface area contributed by atoms with Crippen LogP contribution in [0.5, 0.6) is 0 Å². The van der Waals surface area contributed by atoms with Gasteiger partial charge in [0.1, 0.15) is 6.04 Å². The van der Waals surface area contributed by atoms with Gasteiger partial charge >= 0.3 is 5.97 Å². The highest BCUT2D eigenvalue weighted by Gasteiger charge is 2.20. The summed E-state index contributed by atoms with van der Waals surface area (Å²) in [5, 5.41) is 8.61. The van der Waals surface area contributed by atoms with Crippen molar-refractivity contribution in [2.24, 2.45) is 0 Å². The minimum absolute atomic E-state index is 0.0225. The first-order chi connectivity index (χ1) is 9.64. The highest BCUT2D eigenvalue weighted by atomic mass is 32.2. The van der Waals surface area contributed by atoms with Crippen LogP contribution in [0.3, 0.4) is 0 Å². The number of hydrogen-bond donors (Lipinski definition) is 3. The third-order valence-corrected chi connectivity index (χ3v) is 5.37. The molecule has 3 N–H and O–H groups in total. The molecule has 0 amide bonds. The molecule has 1 rings (SSSR count). The molecule has 118 valence electrons. The van der Waals surface area contributed by atoms with Crippen LogP contribution >= 0.6 is 0 Å². The van der Waals surface area contributed by atoms with E-state index in [9.17, 15) is 21.6 Å². The van der Waals surface area contributed by atoms with Crippen LogP contribution in [0.15, 0.2) is 35.2 Å². The van der Waals surface area contributed by atoms with Gasteiger partial charge in [0.25, 0.3) is 0 Å². The smallest absolute Gasteiger partial charge is 0.321 e. The van der Waals surface area contributed by atoms with Crippen molar-refractivity contribution in [3.63, 3.8) is 0 Å². The fourth-order valence-electron chi connectivity index (χ4n) is 1.37. The highest BCUT2D eigenvalue weighted by Crippen LogP contribution is 2.06. The Hall–Kier alpha value is -1.49. The van der Waals surface area contributed by atoms with Crippen LogP contribution in [-0.4, -0.2) is 46.3 Å². The van der Waals surface area contributed by atoms with Crippen molar-refractivity contribution in [1.82, 2.24) is 9.44 Å². The lowest BCUT2D eigenvalue weighted by atomic mass is 10.4. The number of nitrogens with one attached hydrogen (secondary N) is 2. The maximum absolute atomic E-state index is 11.8. The van der Waals surface area contributed by atoms with Crippen molar-refractivity contribution in [2.45, 2.75) is 17.9 Å². The maximum atomic E-state index is 11.8. The van der Waals surface area contributed by atoms with E-state index in [1.165, 1.54) is 19.1 Å². The molecule has 0 fully saturated rings. The molecule has 0 spiro atoms. The molecule has 0 unspecified atom stereocenters. The second kappa shape index (κ2) is 6.98. The van der Waals surface area contributed by atoms with E-state index in [4.69, 9.17) is 5.11 Å². The van der Waals surface area contributed by atoms with Crippen molar-refractivity contribution in [1.29, 1.82) is 0 Å². The monoisotopic (exact) mass is 336 g/mol. The van der Waals surface area contributed by atoms with E-state index in [1.54, 1.807) is 18.2 Å². The van der Waals surface area contributed by atoms with Gasteiger partial charge < -0.3 is 5.11 Å². The Morgan fingerprint density at radius 2 is 1.76 bits per heavy atom. The number of sulfonamides is 2. The number of carboxylic acids is 1. The van der Waals surface area contributed by atoms with Crippen LogP contribution in [0, 0.1) is 0 Å². The largest absolute Gasteiger partial charge is 0.480 e. The molecule has 8 nitrogen and oxygen atoms in total. The molecule has 0 radical (unpaired) electrons. The third kappa shape index (κ3) is 5.79. The van der Waals surface area contributed by atoms with Gasteiger partial charge in [-0.15, -0.1) is 0 Å². The standard InChI is InChI=1S/C11H16N2O6S2/c1-9(11(14)15)13-20(16,17)8-7-12-21(18,19)10-5-3-2-4-6-10/h2-6,9,12-13H,7-8H2,1H3,(H,14,15)/t9-/m0/s1. The van der Waals surface area contributed by atoms with Gasteiger partial charge in [-0.2, -0.15) is 0 Å². The van der Waals surface area contributed by atoms with E-state index < -0.39 is 37.8 Å². The molecule has 1 atom stereocenters. The molecule has 0 heterocycles. The van der Waals surface area contributed by atoms with Crippen molar-refractivity contribution in [3.8, 4) is 0 Å². The fraction of sp³-hybridized carbons (Fsp3) is 0.364. The molecular weight excluding hydrogens is 320 g/mol. The van der Waals surface area contributed by atoms with Gasteiger partial charge in [-0.25, -0.2) is 26.3 Å². The highest BCUT2D eigenvalue weighted by molar-refractivity contribution is 7.90. The van der Waals surface area contributed by atoms with E-state index in [-0.39, 0.29) is 11.4 Å². The topological polar surface area (TPSA) is 130 Å². The Morgan fingerprint density at radius 3 is 2.29 bits per heavy atom. The minimum Gasteiger partial charge on any atom is -0.480 e. The Bertz CT molecular complexity index is 685. The molecule has 21 heavy (non-hydrogen) atoms.